The number of hydrogen-bond acceptors (Lipinski definition) is 5. The molecule has 5 nitrogen and oxygen atoms in total. The summed E-state index contributed by atoms with van der Waals surface area (Å²) >= 11 is 1.49. The Bertz CT molecular complexity index is 812. The molecular formula is C20H23NO4S. The summed E-state index contributed by atoms with van der Waals surface area (Å²) in [5, 5.41) is 3.48. The zero-order chi connectivity index (χ0) is 18.5. The molecule has 1 aromatic carbocycles. The van der Waals surface area contributed by atoms with E-state index in [4.69, 9.17) is 9.47 Å². The topological polar surface area (TPSA) is 64.6 Å². The Morgan fingerprint density at radius 3 is 2.81 bits per heavy atom. The van der Waals surface area contributed by atoms with Crippen molar-refractivity contribution in [3.8, 4) is 5.75 Å². The van der Waals surface area contributed by atoms with Gasteiger partial charge in [-0.2, -0.15) is 0 Å². The van der Waals surface area contributed by atoms with Crippen molar-refractivity contribution in [1.29, 1.82) is 0 Å². The summed E-state index contributed by atoms with van der Waals surface area (Å²) in [7, 11) is 1.37. The number of thiophene rings is 1. The van der Waals surface area contributed by atoms with Gasteiger partial charge in [-0.1, -0.05) is 12.1 Å². The predicted octanol–water partition coefficient (Wildman–Crippen LogP) is 4.13. The van der Waals surface area contributed by atoms with Crippen molar-refractivity contribution >= 4 is 28.2 Å². The van der Waals surface area contributed by atoms with Crippen LogP contribution in [-0.2, 0) is 22.4 Å². The Labute approximate surface area is 157 Å². The van der Waals surface area contributed by atoms with Crippen LogP contribution in [0.2, 0.25) is 0 Å². The van der Waals surface area contributed by atoms with Gasteiger partial charge >= 0.3 is 5.97 Å². The fourth-order valence-corrected chi connectivity index (χ4v) is 4.42. The molecule has 0 spiro atoms. The highest BCUT2D eigenvalue weighted by molar-refractivity contribution is 7.17. The number of aryl methyl sites for hydroxylation is 2. The van der Waals surface area contributed by atoms with E-state index in [0.29, 0.717) is 10.6 Å². The first-order valence-electron chi connectivity index (χ1n) is 8.80. The Balaban J connectivity index is 1.63. The quantitative estimate of drug-likeness (QED) is 0.773. The molecule has 1 aliphatic carbocycles. The van der Waals surface area contributed by atoms with Gasteiger partial charge in [-0.15, -0.1) is 11.3 Å². The highest BCUT2D eigenvalue weighted by Gasteiger charge is 2.26. The first kappa shape index (κ1) is 18.5. The number of rotatable bonds is 6. The summed E-state index contributed by atoms with van der Waals surface area (Å²) in [5.74, 6) is 0.205. The molecular weight excluding hydrogens is 350 g/mol. The van der Waals surface area contributed by atoms with Gasteiger partial charge in [0.15, 0.2) is 0 Å². The molecule has 0 radical (unpaired) electrons. The van der Waals surface area contributed by atoms with Crippen LogP contribution >= 0.6 is 11.3 Å². The smallest absolute Gasteiger partial charge is 0.341 e. The zero-order valence-corrected chi connectivity index (χ0v) is 15.9. The summed E-state index contributed by atoms with van der Waals surface area (Å²) < 4.78 is 10.6. The average molecular weight is 373 g/mol. The van der Waals surface area contributed by atoms with Crippen molar-refractivity contribution in [3.63, 3.8) is 0 Å². The lowest BCUT2D eigenvalue weighted by Gasteiger charge is -2.11. The van der Waals surface area contributed by atoms with Crippen molar-refractivity contribution in [3.05, 3.63) is 45.8 Å². The fraction of sp³-hybridized carbons (Fsp3) is 0.400. The van der Waals surface area contributed by atoms with E-state index in [1.54, 1.807) is 0 Å². The van der Waals surface area contributed by atoms with Gasteiger partial charge in [0.2, 0.25) is 5.91 Å². The second-order valence-electron chi connectivity index (χ2n) is 6.37. The van der Waals surface area contributed by atoms with E-state index in [1.807, 2.05) is 31.2 Å². The molecule has 2 aromatic rings. The van der Waals surface area contributed by atoms with Gasteiger partial charge in [0.25, 0.3) is 0 Å². The number of ether oxygens (including phenoxy) is 2. The van der Waals surface area contributed by atoms with Gasteiger partial charge in [-0.25, -0.2) is 4.79 Å². The van der Waals surface area contributed by atoms with E-state index in [9.17, 15) is 9.59 Å². The third-order valence-corrected chi connectivity index (χ3v) is 5.61. The van der Waals surface area contributed by atoms with Crippen molar-refractivity contribution in [1.82, 2.24) is 0 Å². The van der Waals surface area contributed by atoms with Crippen molar-refractivity contribution in [2.45, 2.75) is 39.0 Å². The summed E-state index contributed by atoms with van der Waals surface area (Å²) in [4.78, 5) is 25.7. The van der Waals surface area contributed by atoms with Crippen molar-refractivity contribution in [2.75, 3.05) is 19.0 Å². The summed E-state index contributed by atoms with van der Waals surface area (Å²) in [5.41, 5.74) is 2.68. The Morgan fingerprint density at radius 2 is 2.04 bits per heavy atom. The van der Waals surface area contributed by atoms with Gasteiger partial charge in [-0.3, -0.25) is 4.79 Å². The van der Waals surface area contributed by atoms with Crippen LogP contribution in [0.25, 0.3) is 0 Å². The van der Waals surface area contributed by atoms with Crippen LogP contribution in [0, 0.1) is 6.92 Å². The maximum Gasteiger partial charge on any atom is 0.341 e. The molecule has 1 amide bonds. The molecule has 0 bridgehead atoms. The second-order valence-corrected chi connectivity index (χ2v) is 7.47. The molecule has 0 aliphatic heterocycles. The van der Waals surface area contributed by atoms with E-state index < -0.39 is 0 Å². The first-order chi connectivity index (χ1) is 12.6. The summed E-state index contributed by atoms with van der Waals surface area (Å²) in [6, 6.07) is 7.71. The molecule has 0 saturated carbocycles. The molecule has 26 heavy (non-hydrogen) atoms. The maximum absolute atomic E-state index is 12.3. The molecule has 138 valence electrons. The van der Waals surface area contributed by atoms with Crippen molar-refractivity contribution in [2.24, 2.45) is 0 Å². The van der Waals surface area contributed by atoms with Gasteiger partial charge in [-0.05, 0) is 55.9 Å². The number of amides is 1. The Morgan fingerprint density at radius 1 is 1.23 bits per heavy atom. The highest BCUT2D eigenvalue weighted by atomic mass is 32.1. The Hall–Kier alpha value is -2.34. The molecule has 3 rings (SSSR count). The third-order valence-electron chi connectivity index (χ3n) is 4.40. The highest BCUT2D eigenvalue weighted by Crippen LogP contribution is 2.38. The molecule has 1 aliphatic rings. The minimum atomic E-state index is -0.379. The maximum atomic E-state index is 12.3. The lowest BCUT2D eigenvalue weighted by atomic mass is 9.95. The lowest BCUT2D eigenvalue weighted by molar-refractivity contribution is -0.116. The van der Waals surface area contributed by atoms with Crippen LogP contribution in [0.5, 0.6) is 5.75 Å². The predicted molar refractivity (Wildman–Crippen MR) is 102 cm³/mol. The zero-order valence-electron chi connectivity index (χ0n) is 15.1. The molecule has 0 saturated heterocycles. The van der Waals surface area contributed by atoms with Crippen LogP contribution < -0.4 is 10.1 Å². The number of carbonyl (C=O) groups excluding carboxylic acids is 2. The number of hydrogen-bond donors (Lipinski definition) is 1. The first-order valence-corrected chi connectivity index (χ1v) is 9.62. The van der Waals surface area contributed by atoms with Crippen LogP contribution in [0.1, 0.15) is 45.6 Å². The average Bonchev–Trinajstić information content (AvgIpc) is 2.99. The minimum absolute atomic E-state index is 0.165. The van der Waals surface area contributed by atoms with Crippen molar-refractivity contribution < 1.29 is 19.1 Å². The third kappa shape index (κ3) is 4.25. The van der Waals surface area contributed by atoms with E-state index in [-0.39, 0.29) is 24.9 Å². The Kier molecular flexibility index (Phi) is 5.93. The number of nitrogens with one attached hydrogen (secondary N) is 1. The monoisotopic (exact) mass is 373 g/mol. The van der Waals surface area contributed by atoms with Crippen LogP contribution in [0.4, 0.5) is 5.00 Å². The van der Waals surface area contributed by atoms with Gasteiger partial charge < -0.3 is 14.8 Å². The van der Waals surface area contributed by atoms with Gasteiger partial charge in [0.1, 0.15) is 10.8 Å². The van der Waals surface area contributed by atoms with E-state index >= 15 is 0 Å². The molecule has 1 heterocycles. The summed E-state index contributed by atoms with van der Waals surface area (Å²) in [6.45, 7) is 2.28. The van der Waals surface area contributed by atoms with E-state index in [1.165, 1.54) is 23.3 Å². The van der Waals surface area contributed by atoms with E-state index in [0.717, 1.165) is 42.6 Å². The fourth-order valence-electron chi connectivity index (χ4n) is 3.13. The van der Waals surface area contributed by atoms with E-state index in [2.05, 4.69) is 5.32 Å². The normalized spacial score (nSPS) is 13.0. The standard InChI is InChI=1S/C20H23NO4S/c1-13-6-5-7-14(12-13)25-11-10-17(22)21-19-18(20(23)24-2)15-8-3-4-9-16(15)26-19/h5-7,12H,3-4,8-11H2,1-2H3,(H,21,22). The lowest BCUT2D eigenvalue weighted by Crippen LogP contribution is -2.17. The summed E-state index contributed by atoms with van der Waals surface area (Å²) in [6.07, 6.45) is 4.22. The van der Waals surface area contributed by atoms with Crippen LogP contribution in [-0.4, -0.2) is 25.6 Å². The molecule has 1 N–H and O–H groups in total. The minimum Gasteiger partial charge on any atom is -0.493 e. The van der Waals surface area contributed by atoms with Gasteiger partial charge in [0, 0.05) is 4.88 Å². The number of benzene rings is 1. The van der Waals surface area contributed by atoms with Crippen LogP contribution in [0.3, 0.4) is 0 Å². The van der Waals surface area contributed by atoms with Crippen LogP contribution in [0.15, 0.2) is 24.3 Å². The molecule has 0 fully saturated rings. The molecule has 1 aromatic heterocycles. The number of methoxy groups -OCH3 is 1. The number of fused-ring (bicyclic) bond motifs is 1. The number of esters is 1. The second kappa shape index (κ2) is 8.36. The number of carbonyl (C=O) groups is 2. The SMILES string of the molecule is COC(=O)c1c(NC(=O)CCOc2cccc(C)c2)sc2c1CCCC2. The molecule has 0 atom stereocenters. The molecule has 0 unspecified atom stereocenters. The molecule has 6 heteroatoms. The largest absolute Gasteiger partial charge is 0.493 e. The van der Waals surface area contributed by atoms with Gasteiger partial charge in [0.05, 0.1) is 25.7 Å². The number of anilines is 1.